The summed E-state index contributed by atoms with van der Waals surface area (Å²) in [6.07, 6.45) is 10.9. The molecule has 476 valence electrons. The van der Waals surface area contributed by atoms with Gasteiger partial charge in [-0.1, -0.05) is 173 Å². The fourth-order valence-corrected chi connectivity index (χ4v) is 17.0. The highest BCUT2D eigenvalue weighted by molar-refractivity contribution is 5.89. The number of fused-ring (bicyclic) bond motifs is 15. The van der Waals surface area contributed by atoms with Crippen LogP contribution in [0.25, 0.3) is 65.4 Å². The molecule has 98 heavy (non-hydrogen) atoms. The molecule has 0 spiro atoms. The minimum atomic E-state index is -0.680. The van der Waals surface area contributed by atoms with Crippen molar-refractivity contribution in [3.05, 3.63) is 322 Å². The Kier molecular flexibility index (Phi) is 13.8. The van der Waals surface area contributed by atoms with Crippen LogP contribution in [0.4, 0.5) is 0 Å². The van der Waals surface area contributed by atoms with Crippen LogP contribution in [-0.2, 0) is 55.9 Å². The van der Waals surface area contributed by atoms with Gasteiger partial charge in [-0.2, -0.15) is 0 Å². The van der Waals surface area contributed by atoms with Crippen molar-refractivity contribution in [3.63, 3.8) is 0 Å². The van der Waals surface area contributed by atoms with Crippen molar-refractivity contribution in [2.24, 2.45) is 5.41 Å². The average molecular weight is 1280 g/mol. The van der Waals surface area contributed by atoms with E-state index in [0.717, 1.165) is 98.8 Å². The predicted molar refractivity (Wildman–Crippen MR) is 383 cm³/mol. The Balaban J connectivity index is 0.866. The second-order valence-electron chi connectivity index (χ2n) is 26.7. The zero-order chi connectivity index (χ0) is 65.7. The molecule has 18 rings (SSSR count). The van der Waals surface area contributed by atoms with E-state index in [-0.39, 0.29) is 39.6 Å². The molecular formula is C86H66N6O6. The molecule has 6 heterocycles. The van der Waals surface area contributed by atoms with Crippen LogP contribution in [0.15, 0.2) is 256 Å². The first-order valence-corrected chi connectivity index (χ1v) is 33.4. The number of hydrogen-bond donors (Lipinski definition) is 0. The summed E-state index contributed by atoms with van der Waals surface area (Å²) in [7, 11) is 0. The van der Waals surface area contributed by atoms with E-state index in [4.69, 9.17) is 58.3 Å². The van der Waals surface area contributed by atoms with Gasteiger partial charge in [0, 0.05) is 91.2 Å². The highest BCUT2D eigenvalue weighted by atomic mass is 16.5. The van der Waals surface area contributed by atoms with E-state index in [1.807, 2.05) is 146 Å². The van der Waals surface area contributed by atoms with Crippen LogP contribution < -0.4 is 28.4 Å². The maximum Gasteiger partial charge on any atom is 0.146 e. The van der Waals surface area contributed by atoms with Gasteiger partial charge in [0.15, 0.2) is 0 Å². The number of aromatic nitrogens is 6. The Morgan fingerprint density at radius 2 is 0.388 bits per heavy atom. The van der Waals surface area contributed by atoms with Crippen molar-refractivity contribution in [3.8, 4) is 34.5 Å². The Bertz CT molecular complexity index is 4820. The van der Waals surface area contributed by atoms with Crippen molar-refractivity contribution < 1.29 is 28.4 Å². The predicted octanol–water partition coefficient (Wildman–Crippen LogP) is 18.7. The molecule has 6 aromatic heterocycles. The van der Waals surface area contributed by atoms with Crippen molar-refractivity contribution in [2.45, 2.75) is 83.6 Å². The summed E-state index contributed by atoms with van der Waals surface area (Å²) in [5, 5.41) is 6.01. The van der Waals surface area contributed by atoms with Crippen LogP contribution in [0.1, 0.15) is 94.5 Å². The molecule has 0 atom stereocenters. The highest BCUT2D eigenvalue weighted by Crippen LogP contribution is 2.82. The number of ether oxygens (including phenoxy) is 6. The molecule has 12 heteroatoms. The molecule has 3 aliphatic rings. The van der Waals surface area contributed by atoms with Crippen LogP contribution in [0, 0.1) is 5.41 Å². The number of pyridine rings is 6. The minimum absolute atomic E-state index is 0.247. The molecular weight excluding hydrogens is 1210 g/mol. The van der Waals surface area contributed by atoms with Crippen molar-refractivity contribution in [1.29, 1.82) is 0 Å². The van der Waals surface area contributed by atoms with Gasteiger partial charge in [-0.05, 0) is 140 Å². The van der Waals surface area contributed by atoms with Crippen molar-refractivity contribution in [2.75, 3.05) is 0 Å². The third kappa shape index (κ3) is 8.96. The lowest BCUT2D eigenvalue weighted by Crippen LogP contribution is -2.51. The Morgan fingerprint density at radius 3 is 0.561 bits per heavy atom. The number of hydrogen-bond acceptors (Lipinski definition) is 12. The lowest BCUT2D eigenvalue weighted by molar-refractivity contribution is 0.0996. The van der Waals surface area contributed by atoms with E-state index < -0.39 is 21.7 Å². The number of benzene rings is 9. The zero-order valence-electron chi connectivity index (χ0n) is 54.6. The molecule has 0 saturated carbocycles. The molecule has 0 radical (unpaired) electrons. The van der Waals surface area contributed by atoms with E-state index >= 15 is 0 Å². The van der Waals surface area contributed by atoms with Crippen molar-refractivity contribution in [1.82, 2.24) is 29.9 Å². The second-order valence-corrected chi connectivity index (χ2v) is 26.7. The normalized spacial score (nSPS) is 18.6. The van der Waals surface area contributed by atoms with Crippen LogP contribution in [-0.4, -0.2) is 29.9 Å². The topological polar surface area (TPSA) is 133 Å². The van der Waals surface area contributed by atoms with Gasteiger partial charge in [0.25, 0.3) is 0 Å². The number of nitrogens with zero attached hydrogens (tertiary/aromatic N) is 6. The number of rotatable bonds is 18. The third-order valence-corrected chi connectivity index (χ3v) is 22.1. The Labute approximate surface area is 566 Å². The molecule has 0 fully saturated rings. The average Bonchev–Trinajstić information content (AvgIpc) is 1.44. The monoisotopic (exact) mass is 1280 g/mol. The van der Waals surface area contributed by atoms with E-state index in [9.17, 15) is 0 Å². The SMILES string of the molecule is CC12c3cc(COc4cccc5cccnc45)c(COc4cccc5cccnc45)cc3C3(C)c4cc(COc5cccc6cccnc56)c(COc5cccc6cccnc56)cc4C(C)(c4cc(COc5cccc6cccnc56)c(COc5cccc6cccnc56)cc41)C23C. The molecule has 3 aliphatic carbocycles. The lowest BCUT2D eigenvalue weighted by atomic mass is 9.52. The molecule has 0 bridgehead atoms. The smallest absolute Gasteiger partial charge is 0.146 e. The van der Waals surface area contributed by atoms with Crippen LogP contribution >= 0.6 is 0 Å². The summed E-state index contributed by atoms with van der Waals surface area (Å²) in [4.78, 5) is 29.0. The standard InChI is InChI=1S/C86H66N6O6/c1-83-65-41-59(47-93-71-29-5-17-53-23-11-35-87-77(53)71)61(49-95-73-31-7-19-55-25-13-37-89-79(55)73)43-67(65)84(2)69-45-63(51-97-75-33-9-21-57-27-15-39-91-81(57)75)64(52-98-76-34-10-22-58-28-16-40-92-82(58)76)46-70(69)85(3,86(83,84)4)68-44-62(50-96-74-32-8-20-56-26-14-38-90-80(56)74)60(42-66(68)83)48-94-72-30-6-18-54-24-12-36-88-78(54)72/h5-46H,47-52H2,1-4H3. The summed E-state index contributed by atoms with van der Waals surface area (Å²) >= 11 is 0. The second kappa shape index (κ2) is 23.0. The Morgan fingerprint density at radius 1 is 0.224 bits per heavy atom. The van der Waals surface area contributed by atoms with Crippen molar-refractivity contribution >= 4 is 65.4 Å². The molecule has 0 aliphatic heterocycles. The van der Waals surface area contributed by atoms with Gasteiger partial charge in [0.2, 0.25) is 0 Å². The minimum Gasteiger partial charge on any atom is -0.487 e. The summed E-state index contributed by atoms with van der Waals surface area (Å²) in [6, 6.07) is 75.5. The van der Waals surface area contributed by atoms with E-state index in [1.165, 1.54) is 33.4 Å². The van der Waals surface area contributed by atoms with Crippen LogP contribution in [0.5, 0.6) is 34.5 Å². The first-order valence-electron chi connectivity index (χ1n) is 33.4. The van der Waals surface area contributed by atoms with E-state index in [2.05, 4.69) is 137 Å². The summed E-state index contributed by atoms with van der Waals surface area (Å²) in [5.74, 6) is 4.22. The van der Waals surface area contributed by atoms with Gasteiger partial charge in [-0.25, -0.2) is 0 Å². The first-order chi connectivity index (χ1) is 48.1. The summed E-state index contributed by atoms with van der Waals surface area (Å²) < 4.78 is 42.3. The van der Waals surface area contributed by atoms with E-state index in [1.54, 1.807) is 0 Å². The molecule has 0 unspecified atom stereocenters. The van der Waals surface area contributed by atoms with Gasteiger partial charge < -0.3 is 28.4 Å². The Hall–Kier alpha value is -11.8. The highest BCUT2D eigenvalue weighted by Gasteiger charge is 2.80. The van der Waals surface area contributed by atoms with Gasteiger partial charge in [0.1, 0.15) is 107 Å². The summed E-state index contributed by atoms with van der Waals surface area (Å²) in [6.45, 7) is 11.5. The molecule has 15 aromatic rings. The quantitative estimate of drug-likeness (QED) is 0.0810. The van der Waals surface area contributed by atoms with Crippen LogP contribution in [0.2, 0.25) is 0 Å². The van der Waals surface area contributed by atoms with Gasteiger partial charge in [-0.3, -0.25) is 29.9 Å². The fourth-order valence-electron chi connectivity index (χ4n) is 17.0. The molecule has 12 nitrogen and oxygen atoms in total. The summed E-state index contributed by atoms with van der Waals surface area (Å²) in [5.41, 5.74) is 15.5. The van der Waals surface area contributed by atoms with Gasteiger partial charge in [0.05, 0.1) is 0 Å². The molecule has 0 N–H and O–H groups in total. The van der Waals surface area contributed by atoms with Gasteiger partial charge in [-0.15, -0.1) is 0 Å². The largest absolute Gasteiger partial charge is 0.487 e. The fraction of sp³-hybridized carbons (Fsp3) is 0.163. The zero-order valence-corrected chi connectivity index (χ0v) is 54.6. The van der Waals surface area contributed by atoms with Gasteiger partial charge >= 0.3 is 0 Å². The maximum absolute atomic E-state index is 7.05. The van der Waals surface area contributed by atoms with E-state index in [0.29, 0.717) is 34.5 Å². The van der Waals surface area contributed by atoms with Crippen LogP contribution in [0.3, 0.4) is 0 Å². The molecule has 9 aromatic carbocycles. The number of para-hydroxylation sites is 6. The lowest BCUT2D eigenvalue weighted by Gasteiger charge is -2.49. The molecule has 0 amide bonds. The molecule has 0 saturated heterocycles. The third-order valence-electron chi connectivity index (χ3n) is 22.1. The maximum atomic E-state index is 7.05. The first kappa shape index (κ1) is 58.8.